The van der Waals surface area contributed by atoms with Gasteiger partial charge in [-0.05, 0) is 25.2 Å². The van der Waals surface area contributed by atoms with E-state index in [0.717, 1.165) is 6.42 Å². The molecule has 2 atom stereocenters. The van der Waals surface area contributed by atoms with Gasteiger partial charge in [0, 0.05) is 5.92 Å². The highest BCUT2D eigenvalue weighted by Gasteiger charge is 2.20. The van der Waals surface area contributed by atoms with Gasteiger partial charge in [-0.15, -0.1) is 0 Å². The van der Waals surface area contributed by atoms with E-state index < -0.39 is 0 Å². The largest absolute Gasteiger partial charge is 0.393 e. The molecule has 12 heavy (non-hydrogen) atoms. The van der Waals surface area contributed by atoms with E-state index in [1.807, 2.05) is 0 Å². The summed E-state index contributed by atoms with van der Waals surface area (Å²) in [7, 11) is 0. The number of aliphatic hydroxyl groups is 1. The molecule has 0 aromatic rings. The van der Waals surface area contributed by atoms with Crippen LogP contribution in [0.2, 0.25) is 0 Å². The molecule has 0 aliphatic heterocycles. The molecule has 1 heteroatoms. The molecular formula is C11H20O. The van der Waals surface area contributed by atoms with Crippen molar-refractivity contribution in [2.75, 3.05) is 0 Å². The first kappa shape index (κ1) is 9.79. The molecule has 0 fully saturated rings. The van der Waals surface area contributed by atoms with E-state index in [0.29, 0.717) is 11.8 Å². The summed E-state index contributed by atoms with van der Waals surface area (Å²) in [6.07, 6.45) is 8.90. The lowest BCUT2D eigenvalue weighted by molar-refractivity contribution is 0.0945. The fourth-order valence-corrected chi connectivity index (χ4v) is 1.86. The summed E-state index contributed by atoms with van der Waals surface area (Å²) in [5.41, 5.74) is 0. The minimum atomic E-state index is -0.110. The second-order valence-corrected chi connectivity index (χ2v) is 4.10. The molecule has 0 radical (unpaired) electrons. The van der Waals surface area contributed by atoms with Gasteiger partial charge in [-0.25, -0.2) is 0 Å². The predicted octanol–water partition coefficient (Wildman–Crippen LogP) is 2.75. The second-order valence-electron chi connectivity index (χ2n) is 4.10. The maximum Gasteiger partial charge on any atom is 0.0605 e. The van der Waals surface area contributed by atoms with Crippen molar-refractivity contribution in [2.24, 2.45) is 11.8 Å². The van der Waals surface area contributed by atoms with Crippen LogP contribution in [0.3, 0.4) is 0 Å². The molecule has 0 spiro atoms. The maximum atomic E-state index is 9.79. The van der Waals surface area contributed by atoms with Crippen LogP contribution in [0.4, 0.5) is 0 Å². The third kappa shape index (κ3) is 2.63. The van der Waals surface area contributed by atoms with E-state index in [2.05, 4.69) is 26.0 Å². The number of rotatable bonds is 1. The summed E-state index contributed by atoms with van der Waals surface area (Å²) in [6.45, 7) is 4.36. The van der Waals surface area contributed by atoms with Crippen LogP contribution in [0.1, 0.15) is 39.5 Å². The Morgan fingerprint density at radius 1 is 1.33 bits per heavy atom. The zero-order chi connectivity index (χ0) is 8.97. The Morgan fingerprint density at radius 2 is 2.08 bits per heavy atom. The van der Waals surface area contributed by atoms with Crippen molar-refractivity contribution in [3.05, 3.63) is 12.2 Å². The van der Waals surface area contributed by atoms with Gasteiger partial charge in [0.25, 0.3) is 0 Å². The van der Waals surface area contributed by atoms with Gasteiger partial charge in [0.15, 0.2) is 0 Å². The average molecular weight is 168 g/mol. The fraction of sp³-hybridized carbons (Fsp3) is 0.818. The number of allylic oxidation sites excluding steroid dienone is 1. The molecule has 1 nitrogen and oxygen atoms in total. The zero-order valence-electron chi connectivity index (χ0n) is 8.16. The van der Waals surface area contributed by atoms with Crippen molar-refractivity contribution in [3.63, 3.8) is 0 Å². The summed E-state index contributed by atoms with van der Waals surface area (Å²) in [5.74, 6) is 0.944. The first-order chi connectivity index (χ1) is 5.72. The monoisotopic (exact) mass is 168 g/mol. The van der Waals surface area contributed by atoms with E-state index in [-0.39, 0.29) is 6.10 Å². The molecule has 0 saturated carbocycles. The van der Waals surface area contributed by atoms with E-state index in [1.54, 1.807) is 0 Å². The van der Waals surface area contributed by atoms with Crippen molar-refractivity contribution >= 4 is 0 Å². The highest BCUT2D eigenvalue weighted by molar-refractivity contribution is 4.94. The molecule has 1 aliphatic rings. The van der Waals surface area contributed by atoms with Crippen LogP contribution in [0.15, 0.2) is 12.2 Å². The third-order valence-corrected chi connectivity index (χ3v) is 2.69. The Labute approximate surface area is 75.5 Å². The first-order valence-electron chi connectivity index (χ1n) is 5.06. The Balaban J connectivity index is 2.58. The molecule has 1 N–H and O–H groups in total. The average Bonchev–Trinajstić information content (AvgIpc) is 1.96. The van der Waals surface area contributed by atoms with Crippen molar-refractivity contribution in [1.29, 1.82) is 0 Å². The summed E-state index contributed by atoms with van der Waals surface area (Å²) in [5, 5.41) is 9.79. The van der Waals surface area contributed by atoms with Crippen LogP contribution in [-0.4, -0.2) is 11.2 Å². The minimum Gasteiger partial charge on any atom is -0.393 e. The van der Waals surface area contributed by atoms with Crippen molar-refractivity contribution in [1.82, 2.24) is 0 Å². The summed E-state index contributed by atoms with van der Waals surface area (Å²) in [6, 6.07) is 0. The van der Waals surface area contributed by atoms with Gasteiger partial charge in [0.2, 0.25) is 0 Å². The van der Waals surface area contributed by atoms with Gasteiger partial charge in [-0.3, -0.25) is 0 Å². The Kier molecular flexibility index (Phi) is 3.80. The van der Waals surface area contributed by atoms with Gasteiger partial charge in [0.05, 0.1) is 6.10 Å². The molecule has 0 amide bonds. The second kappa shape index (κ2) is 4.66. The summed E-state index contributed by atoms with van der Waals surface area (Å²) >= 11 is 0. The standard InChI is InChI=1S/C11H20O/c1-9(2)10-7-5-3-4-6-8-11(10)12/h5,7,9-12H,3-4,6,8H2,1-2H3/b7-5-/t10-,11+/m1/s1. The van der Waals surface area contributed by atoms with Crippen molar-refractivity contribution in [2.45, 2.75) is 45.6 Å². The normalized spacial score (nSPS) is 34.3. The lowest BCUT2D eigenvalue weighted by Crippen LogP contribution is -2.24. The molecule has 70 valence electrons. The van der Waals surface area contributed by atoms with Gasteiger partial charge in [-0.1, -0.05) is 32.4 Å². The topological polar surface area (TPSA) is 20.2 Å². The molecule has 0 heterocycles. The maximum absolute atomic E-state index is 9.79. The molecule has 0 saturated heterocycles. The third-order valence-electron chi connectivity index (χ3n) is 2.69. The van der Waals surface area contributed by atoms with E-state index in [4.69, 9.17) is 0 Å². The van der Waals surface area contributed by atoms with Gasteiger partial charge in [-0.2, -0.15) is 0 Å². The van der Waals surface area contributed by atoms with Gasteiger partial charge >= 0.3 is 0 Å². The van der Waals surface area contributed by atoms with Gasteiger partial charge < -0.3 is 5.11 Å². The lowest BCUT2D eigenvalue weighted by atomic mass is 9.85. The van der Waals surface area contributed by atoms with Crippen LogP contribution in [0, 0.1) is 11.8 Å². The molecule has 0 bridgehead atoms. The molecule has 1 aliphatic carbocycles. The summed E-state index contributed by atoms with van der Waals surface area (Å²) < 4.78 is 0. The lowest BCUT2D eigenvalue weighted by Gasteiger charge is -2.24. The van der Waals surface area contributed by atoms with Crippen LogP contribution >= 0.6 is 0 Å². The number of aliphatic hydroxyl groups excluding tert-OH is 1. The zero-order valence-corrected chi connectivity index (χ0v) is 8.16. The van der Waals surface area contributed by atoms with E-state index in [1.165, 1.54) is 19.3 Å². The Morgan fingerprint density at radius 3 is 2.75 bits per heavy atom. The van der Waals surface area contributed by atoms with Gasteiger partial charge in [0.1, 0.15) is 0 Å². The minimum absolute atomic E-state index is 0.110. The first-order valence-corrected chi connectivity index (χ1v) is 5.06. The molecule has 0 unspecified atom stereocenters. The number of hydrogen-bond acceptors (Lipinski definition) is 1. The van der Waals surface area contributed by atoms with Crippen LogP contribution < -0.4 is 0 Å². The number of hydrogen-bond donors (Lipinski definition) is 1. The molecule has 0 aromatic heterocycles. The van der Waals surface area contributed by atoms with E-state index >= 15 is 0 Å². The molecular weight excluding hydrogens is 148 g/mol. The van der Waals surface area contributed by atoms with Crippen LogP contribution in [-0.2, 0) is 0 Å². The Hall–Kier alpha value is -0.300. The van der Waals surface area contributed by atoms with Crippen LogP contribution in [0.5, 0.6) is 0 Å². The van der Waals surface area contributed by atoms with E-state index in [9.17, 15) is 5.11 Å². The predicted molar refractivity (Wildman–Crippen MR) is 51.9 cm³/mol. The smallest absolute Gasteiger partial charge is 0.0605 e. The SMILES string of the molecule is CC(C)[C@H]1/C=C\CCCC[C@@H]1O. The highest BCUT2D eigenvalue weighted by atomic mass is 16.3. The van der Waals surface area contributed by atoms with Crippen molar-refractivity contribution < 1.29 is 5.11 Å². The Bertz CT molecular complexity index is 149. The van der Waals surface area contributed by atoms with Crippen molar-refractivity contribution in [3.8, 4) is 0 Å². The van der Waals surface area contributed by atoms with Crippen LogP contribution in [0.25, 0.3) is 0 Å². The fourth-order valence-electron chi connectivity index (χ4n) is 1.86. The highest BCUT2D eigenvalue weighted by Crippen LogP contribution is 2.23. The quantitative estimate of drug-likeness (QED) is 0.597. The summed E-state index contributed by atoms with van der Waals surface area (Å²) in [4.78, 5) is 0. The molecule has 0 aromatic carbocycles. The molecule has 1 rings (SSSR count).